The van der Waals surface area contributed by atoms with E-state index in [-0.39, 0.29) is 11.1 Å². The first-order valence-electron chi connectivity index (χ1n) is 14.1. The van der Waals surface area contributed by atoms with Gasteiger partial charge in [-0.15, -0.1) is 0 Å². The number of benzene rings is 6. The Bertz CT molecular complexity index is 1690. The fourth-order valence-corrected chi connectivity index (χ4v) is 10.5. The Hall–Kier alpha value is -4.88. The van der Waals surface area contributed by atoms with Crippen molar-refractivity contribution in [1.82, 2.24) is 0 Å². The van der Waals surface area contributed by atoms with Crippen molar-refractivity contribution in [2.24, 2.45) is 0 Å². The molecule has 6 rings (SSSR count). The van der Waals surface area contributed by atoms with Gasteiger partial charge in [-0.2, -0.15) is 0 Å². The van der Waals surface area contributed by atoms with Crippen LogP contribution in [0.3, 0.4) is 0 Å². The van der Waals surface area contributed by atoms with Crippen molar-refractivity contribution in [2.75, 3.05) is 0 Å². The van der Waals surface area contributed by atoms with Gasteiger partial charge in [-0.05, 0) is 59.8 Å². The average Bonchev–Trinajstić information content (AvgIpc) is 3.07. The molecular weight excluding hydrogens is 582 g/mol. The van der Waals surface area contributed by atoms with Crippen LogP contribution < -0.4 is 31.8 Å². The molecule has 214 valence electrons. The molecule has 0 aliphatic heterocycles. The van der Waals surface area contributed by atoms with Crippen LogP contribution in [0.4, 0.5) is 0 Å². The summed E-state index contributed by atoms with van der Waals surface area (Å²) in [6, 6.07) is 50.8. The number of hydrogen-bond acceptors (Lipinski definition) is 2. The van der Waals surface area contributed by atoms with Crippen molar-refractivity contribution >= 4 is 59.6 Å². The molecule has 0 aliphatic rings. The lowest BCUT2D eigenvalue weighted by Gasteiger charge is -2.28. The second-order valence-corrected chi connectivity index (χ2v) is 14.4. The zero-order chi connectivity index (χ0) is 30.5. The lowest BCUT2D eigenvalue weighted by atomic mass is 9.95. The number of rotatable bonds is 9. The molecule has 0 fully saturated rings. The smallest absolute Gasteiger partial charge is 0.336 e. The molecule has 0 atom stereocenters. The highest BCUT2D eigenvalue weighted by Gasteiger charge is 2.31. The molecule has 0 bridgehead atoms. The minimum absolute atomic E-state index is 0.0767. The first kappa shape index (κ1) is 29.2. The molecule has 0 amide bonds. The van der Waals surface area contributed by atoms with Crippen molar-refractivity contribution in [1.29, 1.82) is 0 Å². The quantitative estimate of drug-likeness (QED) is 0.190. The fourth-order valence-electron chi connectivity index (χ4n) is 5.50. The van der Waals surface area contributed by atoms with Crippen molar-refractivity contribution in [2.45, 2.75) is 0 Å². The number of carboxylic acids is 2. The summed E-state index contributed by atoms with van der Waals surface area (Å²) in [7, 11) is -2.50. The van der Waals surface area contributed by atoms with Gasteiger partial charge in [0.15, 0.2) is 0 Å². The second kappa shape index (κ2) is 13.2. The maximum absolute atomic E-state index is 13.0. The van der Waals surface area contributed by atoms with Gasteiger partial charge in [0.1, 0.15) is 0 Å². The average molecular weight is 611 g/mol. The lowest BCUT2D eigenvalue weighted by molar-refractivity contribution is 0.0684. The zero-order valence-electron chi connectivity index (χ0n) is 23.6. The molecule has 0 saturated heterocycles. The summed E-state index contributed by atoms with van der Waals surface area (Å²) < 4.78 is 0. The maximum Gasteiger partial charge on any atom is 0.336 e. The predicted octanol–water partition coefficient (Wildman–Crippen LogP) is 6.27. The van der Waals surface area contributed by atoms with E-state index >= 15 is 0 Å². The SMILES string of the molecule is O=C(O)c1cccc(P(c2ccccc2)c2ccccc2)c1-c1c(C(=O)O)cccc1P(c1ccccc1)c1ccccc1. The third-order valence-electron chi connectivity index (χ3n) is 7.34. The van der Waals surface area contributed by atoms with Gasteiger partial charge in [0, 0.05) is 11.1 Å². The molecule has 0 heterocycles. The molecular formula is C38H28O4P2. The maximum atomic E-state index is 13.0. The summed E-state index contributed by atoms with van der Waals surface area (Å²) >= 11 is 0. The molecule has 0 unspecified atom stereocenters. The van der Waals surface area contributed by atoms with E-state index in [9.17, 15) is 19.8 Å². The Morgan fingerprint density at radius 1 is 0.364 bits per heavy atom. The normalized spacial score (nSPS) is 11.0. The Morgan fingerprint density at radius 2 is 0.636 bits per heavy atom. The van der Waals surface area contributed by atoms with Crippen LogP contribution in [0.1, 0.15) is 20.7 Å². The molecule has 4 nitrogen and oxygen atoms in total. The molecule has 0 saturated carbocycles. The Morgan fingerprint density at radius 3 is 0.886 bits per heavy atom. The zero-order valence-corrected chi connectivity index (χ0v) is 25.4. The van der Waals surface area contributed by atoms with Crippen LogP contribution in [0.2, 0.25) is 0 Å². The fraction of sp³-hybridized carbons (Fsp3) is 0. The van der Waals surface area contributed by atoms with E-state index in [4.69, 9.17) is 0 Å². The standard InChI is InChI=1S/C38H28O4P2/c39-37(40)31-23-13-25-33(43(27-15-5-1-6-16-27)28-17-7-2-8-18-28)35(31)36-32(38(41)42)24-14-26-34(36)44(29-19-9-3-10-20-29)30-21-11-4-12-22-30/h1-26H,(H,39,40)(H,41,42). The number of carboxylic acid groups (broad SMARTS) is 2. The molecule has 0 spiro atoms. The molecule has 6 aromatic rings. The molecule has 0 aliphatic carbocycles. The second-order valence-electron chi connectivity index (χ2n) is 10.0. The van der Waals surface area contributed by atoms with Gasteiger partial charge in [0.2, 0.25) is 0 Å². The van der Waals surface area contributed by atoms with Gasteiger partial charge < -0.3 is 10.2 Å². The first-order valence-corrected chi connectivity index (χ1v) is 16.8. The van der Waals surface area contributed by atoms with Gasteiger partial charge in [0.25, 0.3) is 0 Å². The Kier molecular flexibility index (Phi) is 8.75. The Balaban J connectivity index is 1.74. The molecule has 44 heavy (non-hydrogen) atoms. The van der Waals surface area contributed by atoms with Crippen LogP contribution >= 0.6 is 15.8 Å². The van der Waals surface area contributed by atoms with Gasteiger partial charge in [-0.1, -0.05) is 146 Å². The van der Waals surface area contributed by atoms with E-state index in [2.05, 4.69) is 48.5 Å². The minimum Gasteiger partial charge on any atom is -0.478 e. The highest BCUT2D eigenvalue weighted by molar-refractivity contribution is 7.80. The molecule has 6 heteroatoms. The van der Waals surface area contributed by atoms with Crippen LogP contribution in [0, 0.1) is 0 Å². The van der Waals surface area contributed by atoms with Gasteiger partial charge in [0.05, 0.1) is 11.1 Å². The van der Waals surface area contributed by atoms with E-state index in [1.54, 1.807) is 24.3 Å². The van der Waals surface area contributed by atoms with E-state index in [1.807, 2.05) is 84.9 Å². The highest BCUT2D eigenvalue weighted by atomic mass is 31.1. The number of aromatic carboxylic acids is 2. The third-order valence-corrected chi connectivity index (χ3v) is 12.3. The first-order chi connectivity index (χ1) is 21.5. The summed E-state index contributed by atoms with van der Waals surface area (Å²) in [5.74, 6) is -2.21. The van der Waals surface area contributed by atoms with Crippen LogP contribution in [0.15, 0.2) is 158 Å². The van der Waals surface area contributed by atoms with Crippen molar-refractivity contribution < 1.29 is 19.8 Å². The van der Waals surface area contributed by atoms with Gasteiger partial charge >= 0.3 is 11.9 Å². The summed E-state index contributed by atoms with van der Waals surface area (Å²) in [4.78, 5) is 26.0. The molecule has 0 aromatic heterocycles. The number of carbonyl (C=O) groups is 2. The van der Waals surface area contributed by atoms with Crippen molar-refractivity contribution in [3.05, 3.63) is 169 Å². The van der Waals surface area contributed by atoms with Crippen molar-refractivity contribution in [3.8, 4) is 11.1 Å². The molecule has 2 N–H and O–H groups in total. The van der Waals surface area contributed by atoms with E-state index < -0.39 is 27.8 Å². The monoisotopic (exact) mass is 610 g/mol. The lowest BCUT2D eigenvalue weighted by Crippen LogP contribution is -2.28. The van der Waals surface area contributed by atoms with E-state index in [0.29, 0.717) is 11.1 Å². The summed E-state index contributed by atoms with van der Waals surface area (Å²) in [5, 5.41) is 27.0. The predicted molar refractivity (Wildman–Crippen MR) is 183 cm³/mol. The molecule has 6 aromatic carbocycles. The van der Waals surface area contributed by atoms with Crippen LogP contribution in [-0.2, 0) is 0 Å². The Labute approximate surface area is 258 Å². The topological polar surface area (TPSA) is 74.6 Å². The minimum atomic E-state index is -1.25. The summed E-state index contributed by atoms with van der Waals surface area (Å²) in [6.45, 7) is 0. The number of hydrogen-bond donors (Lipinski definition) is 2. The third kappa shape index (κ3) is 5.83. The van der Waals surface area contributed by atoms with Crippen LogP contribution in [0.25, 0.3) is 11.1 Å². The van der Waals surface area contributed by atoms with Gasteiger partial charge in [-0.3, -0.25) is 0 Å². The van der Waals surface area contributed by atoms with Crippen LogP contribution in [-0.4, -0.2) is 22.2 Å². The molecule has 0 radical (unpaired) electrons. The highest BCUT2D eigenvalue weighted by Crippen LogP contribution is 2.43. The largest absolute Gasteiger partial charge is 0.478 e. The van der Waals surface area contributed by atoms with Crippen molar-refractivity contribution in [3.63, 3.8) is 0 Å². The summed E-state index contributed by atoms with van der Waals surface area (Å²) in [6.07, 6.45) is 0. The van der Waals surface area contributed by atoms with Gasteiger partial charge in [-0.25, -0.2) is 9.59 Å². The van der Waals surface area contributed by atoms with Crippen LogP contribution in [0.5, 0.6) is 0 Å². The van der Waals surface area contributed by atoms with E-state index in [0.717, 1.165) is 31.8 Å². The summed E-state index contributed by atoms with van der Waals surface area (Å²) in [5.41, 5.74) is 1.05. The van der Waals surface area contributed by atoms with E-state index in [1.165, 1.54) is 0 Å².